The summed E-state index contributed by atoms with van der Waals surface area (Å²) in [6.07, 6.45) is 17.7. The third kappa shape index (κ3) is 7.89. The zero-order chi connectivity index (χ0) is 29.5. The lowest BCUT2D eigenvalue weighted by molar-refractivity contribution is -0.0581. The molecule has 0 aromatic rings. The van der Waals surface area contributed by atoms with Gasteiger partial charge in [0, 0.05) is 32.6 Å². The summed E-state index contributed by atoms with van der Waals surface area (Å²) < 4.78 is 5.93. The monoisotopic (exact) mass is 573 g/mol. The zero-order valence-electron chi connectivity index (χ0n) is 27.2. The standard InChI is InChI=1S/C35H64N4O2/c1-25(2)8-6-9-26(3)30-12-13-31-29-11-10-27-24-28(14-16-34(27,4)32(29)15-17-35(30,31)5)41-33(40)39-23-22-38-20-7-19-37-21-18-36/h10,25-26,28-32,37-38H,6-9,11-24,36H2,1-5H3,(H,39,40)/t26-,28?,29?,30-,31?,32?,34+,35-/m1/s1. The molecular weight excluding hydrogens is 508 g/mol. The van der Waals surface area contributed by atoms with E-state index in [1.54, 1.807) is 5.57 Å². The fraction of sp³-hybridized carbons (Fsp3) is 0.914. The van der Waals surface area contributed by atoms with E-state index in [0.717, 1.165) is 87.4 Å². The quantitative estimate of drug-likeness (QED) is 0.130. The summed E-state index contributed by atoms with van der Waals surface area (Å²) in [7, 11) is 0. The minimum absolute atomic E-state index is 0.0175. The third-order valence-electron chi connectivity index (χ3n) is 12.1. The number of ether oxygens (including phenoxy) is 1. The van der Waals surface area contributed by atoms with Gasteiger partial charge in [0.1, 0.15) is 6.10 Å². The van der Waals surface area contributed by atoms with Crippen LogP contribution < -0.4 is 21.7 Å². The van der Waals surface area contributed by atoms with Crippen LogP contribution in [0.25, 0.3) is 0 Å². The van der Waals surface area contributed by atoms with Gasteiger partial charge in [0.2, 0.25) is 0 Å². The van der Waals surface area contributed by atoms with Gasteiger partial charge in [0.15, 0.2) is 0 Å². The smallest absolute Gasteiger partial charge is 0.407 e. The number of alkyl carbamates (subject to hydrolysis) is 1. The van der Waals surface area contributed by atoms with Crippen LogP contribution in [0.3, 0.4) is 0 Å². The van der Waals surface area contributed by atoms with E-state index in [1.165, 1.54) is 51.4 Å². The lowest BCUT2D eigenvalue weighted by Gasteiger charge is -2.58. The van der Waals surface area contributed by atoms with Gasteiger partial charge in [-0.05, 0) is 111 Å². The summed E-state index contributed by atoms with van der Waals surface area (Å²) in [6, 6.07) is 0. The zero-order valence-corrected chi connectivity index (χ0v) is 27.2. The summed E-state index contributed by atoms with van der Waals surface area (Å²) in [5.41, 5.74) is 7.91. The van der Waals surface area contributed by atoms with Gasteiger partial charge >= 0.3 is 6.09 Å². The van der Waals surface area contributed by atoms with E-state index in [-0.39, 0.29) is 12.2 Å². The Bertz CT molecular complexity index is 861. The SMILES string of the molecule is CC(C)CCC[C@@H](C)[C@H]1CCC2C3CC=C4CC(OC(=O)NCCNCCCNCCN)CC[C@]4(C)C3CC[C@@]21C. The van der Waals surface area contributed by atoms with Gasteiger partial charge in [0.25, 0.3) is 0 Å². The maximum absolute atomic E-state index is 12.5. The number of nitrogens with two attached hydrogens (primary N) is 1. The first-order valence-electron chi connectivity index (χ1n) is 17.4. The summed E-state index contributed by atoms with van der Waals surface area (Å²) in [5, 5.41) is 9.63. The molecule has 4 aliphatic rings. The van der Waals surface area contributed by atoms with Gasteiger partial charge in [-0.3, -0.25) is 0 Å². The lowest BCUT2D eigenvalue weighted by Crippen LogP contribution is -2.51. The second kappa shape index (κ2) is 15.1. The highest BCUT2D eigenvalue weighted by Gasteiger charge is 2.59. The first kappa shape index (κ1) is 32.8. The molecule has 0 spiro atoms. The van der Waals surface area contributed by atoms with Gasteiger partial charge in [-0.25, -0.2) is 4.79 Å². The number of carbonyl (C=O) groups excluding carboxylic acids is 1. The molecule has 4 aliphatic carbocycles. The molecule has 0 bridgehead atoms. The van der Waals surface area contributed by atoms with Crippen LogP contribution in [0.2, 0.25) is 0 Å². The van der Waals surface area contributed by atoms with Crippen molar-refractivity contribution in [2.24, 2.45) is 52.1 Å². The van der Waals surface area contributed by atoms with Crippen molar-refractivity contribution in [3.05, 3.63) is 11.6 Å². The van der Waals surface area contributed by atoms with Crippen molar-refractivity contribution in [2.75, 3.05) is 39.3 Å². The Hall–Kier alpha value is -1.11. The molecule has 0 saturated heterocycles. The van der Waals surface area contributed by atoms with Crippen molar-refractivity contribution in [3.63, 3.8) is 0 Å². The van der Waals surface area contributed by atoms with Crippen molar-refractivity contribution in [1.29, 1.82) is 0 Å². The van der Waals surface area contributed by atoms with Crippen molar-refractivity contribution in [2.45, 2.75) is 118 Å². The van der Waals surface area contributed by atoms with E-state index < -0.39 is 0 Å². The van der Waals surface area contributed by atoms with Crippen LogP contribution in [0.4, 0.5) is 4.79 Å². The molecule has 8 atom stereocenters. The van der Waals surface area contributed by atoms with Crippen LogP contribution in [0.5, 0.6) is 0 Å². The molecule has 6 heteroatoms. The Morgan fingerprint density at radius 1 is 0.951 bits per heavy atom. The molecule has 236 valence electrons. The van der Waals surface area contributed by atoms with Crippen LogP contribution in [0, 0.1) is 46.3 Å². The molecule has 4 rings (SSSR count). The number of allylic oxidation sites excluding steroid dienone is 1. The largest absolute Gasteiger partial charge is 0.446 e. The van der Waals surface area contributed by atoms with Crippen LogP contribution in [0.1, 0.15) is 112 Å². The summed E-state index contributed by atoms with van der Waals surface area (Å²) in [6.45, 7) is 17.4. The van der Waals surface area contributed by atoms with Gasteiger partial charge < -0.3 is 26.4 Å². The van der Waals surface area contributed by atoms with Gasteiger partial charge in [-0.15, -0.1) is 0 Å². The summed E-state index contributed by atoms with van der Waals surface area (Å²) in [4.78, 5) is 12.5. The molecule has 0 aromatic heterocycles. The number of amides is 1. The van der Waals surface area contributed by atoms with Crippen LogP contribution in [0.15, 0.2) is 11.6 Å². The average Bonchev–Trinajstić information content (AvgIpc) is 3.29. The molecule has 5 N–H and O–H groups in total. The Kier molecular flexibility index (Phi) is 12.0. The van der Waals surface area contributed by atoms with E-state index in [0.29, 0.717) is 23.9 Å². The Morgan fingerprint density at radius 2 is 1.73 bits per heavy atom. The van der Waals surface area contributed by atoms with Gasteiger partial charge in [-0.1, -0.05) is 65.5 Å². The van der Waals surface area contributed by atoms with Crippen LogP contribution >= 0.6 is 0 Å². The Balaban J connectivity index is 1.24. The molecule has 0 radical (unpaired) electrons. The molecule has 1 amide bonds. The maximum Gasteiger partial charge on any atom is 0.407 e. The Morgan fingerprint density at radius 3 is 2.49 bits per heavy atom. The average molecular weight is 573 g/mol. The highest BCUT2D eigenvalue weighted by atomic mass is 16.6. The second-order valence-electron chi connectivity index (χ2n) is 15.1. The van der Waals surface area contributed by atoms with E-state index in [1.807, 2.05) is 0 Å². The van der Waals surface area contributed by atoms with Crippen molar-refractivity contribution < 1.29 is 9.53 Å². The first-order valence-corrected chi connectivity index (χ1v) is 17.4. The number of nitrogens with one attached hydrogen (secondary N) is 3. The molecule has 0 aliphatic heterocycles. The number of hydrogen-bond acceptors (Lipinski definition) is 5. The molecule has 3 fully saturated rings. The van der Waals surface area contributed by atoms with Gasteiger partial charge in [0.05, 0.1) is 0 Å². The maximum atomic E-state index is 12.5. The first-order chi connectivity index (χ1) is 19.7. The van der Waals surface area contributed by atoms with Crippen molar-refractivity contribution in [1.82, 2.24) is 16.0 Å². The number of fused-ring (bicyclic) bond motifs is 5. The highest BCUT2D eigenvalue weighted by Crippen LogP contribution is 2.67. The molecule has 0 heterocycles. The predicted octanol–water partition coefficient (Wildman–Crippen LogP) is 6.65. The number of hydrogen-bond donors (Lipinski definition) is 4. The van der Waals surface area contributed by atoms with E-state index in [4.69, 9.17) is 10.5 Å². The van der Waals surface area contributed by atoms with Crippen molar-refractivity contribution in [3.8, 4) is 0 Å². The summed E-state index contributed by atoms with van der Waals surface area (Å²) >= 11 is 0. The molecular formula is C35H64N4O2. The summed E-state index contributed by atoms with van der Waals surface area (Å²) in [5.74, 6) is 5.15. The third-order valence-corrected chi connectivity index (χ3v) is 12.1. The molecule has 41 heavy (non-hydrogen) atoms. The molecule has 0 aromatic carbocycles. The highest BCUT2D eigenvalue weighted by molar-refractivity contribution is 5.67. The minimum atomic E-state index is -0.257. The normalized spacial score (nSPS) is 35.3. The molecule has 4 unspecified atom stereocenters. The fourth-order valence-corrected chi connectivity index (χ4v) is 9.89. The molecule has 6 nitrogen and oxygen atoms in total. The Labute approximate surface area is 252 Å². The number of carbonyl (C=O) groups is 1. The van der Waals surface area contributed by atoms with E-state index >= 15 is 0 Å². The van der Waals surface area contributed by atoms with Crippen LogP contribution in [-0.2, 0) is 4.74 Å². The van der Waals surface area contributed by atoms with E-state index in [2.05, 4.69) is 56.6 Å². The lowest BCUT2D eigenvalue weighted by atomic mass is 9.47. The fourth-order valence-electron chi connectivity index (χ4n) is 9.89. The van der Waals surface area contributed by atoms with E-state index in [9.17, 15) is 4.79 Å². The van der Waals surface area contributed by atoms with Crippen molar-refractivity contribution >= 4 is 6.09 Å². The topological polar surface area (TPSA) is 88.4 Å². The molecule has 3 saturated carbocycles. The number of rotatable bonds is 15. The van der Waals surface area contributed by atoms with Gasteiger partial charge in [-0.2, -0.15) is 0 Å². The second-order valence-corrected chi connectivity index (χ2v) is 15.1. The minimum Gasteiger partial charge on any atom is -0.446 e. The van der Waals surface area contributed by atoms with Crippen LogP contribution in [-0.4, -0.2) is 51.5 Å². The predicted molar refractivity (Wildman–Crippen MR) is 171 cm³/mol.